The van der Waals surface area contributed by atoms with Crippen LogP contribution in [0.25, 0.3) is 0 Å². The Morgan fingerprint density at radius 2 is 2.00 bits per heavy atom. The van der Waals surface area contributed by atoms with Gasteiger partial charge < -0.3 is 15.4 Å². The lowest BCUT2D eigenvalue weighted by atomic mass is 10.2. The van der Waals surface area contributed by atoms with Gasteiger partial charge in [-0.15, -0.1) is 0 Å². The molecule has 1 amide bonds. The summed E-state index contributed by atoms with van der Waals surface area (Å²) in [6.07, 6.45) is 0. The monoisotopic (exact) mass is 236 g/mol. The minimum absolute atomic E-state index is 0.0291. The number of carbonyl (C=O) groups is 1. The molecule has 0 heterocycles. The van der Waals surface area contributed by atoms with Crippen molar-refractivity contribution < 1.29 is 9.53 Å². The minimum atomic E-state index is -0.0291. The van der Waals surface area contributed by atoms with Crippen LogP contribution in [0, 0.1) is 6.92 Å². The highest BCUT2D eigenvalue weighted by atomic mass is 16.5. The maximum Gasteiger partial charge on any atom is 0.260 e. The molecule has 0 saturated heterocycles. The number of rotatable bonds is 6. The first kappa shape index (κ1) is 13.5. The smallest absolute Gasteiger partial charge is 0.260 e. The van der Waals surface area contributed by atoms with Crippen molar-refractivity contribution in [3.8, 4) is 5.75 Å². The Labute approximate surface area is 102 Å². The van der Waals surface area contributed by atoms with Gasteiger partial charge in [0.2, 0.25) is 0 Å². The first-order valence-corrected chi connectivity index (χ1v) is 5.84. The van der Waals surface area contributed by atoms with Crippen LogP contribution in [-0.2, 0) is 4.79 Å². The summed E-state index contributed by atoms with van der Waals surface area (Å²) in [7, 11) is 0. The van der Waals surface area contributed by atoms with E-state index in [1.807, 2.05) is 38.1 Å². The van der Waals surface area contributed by atoms with Gasteiger partial charge in [0, 0.05) is 19.6 Å². The zero-order valence-corrected chi connectivity index (χ0v) is 10.5. The van der Waals surface area contributed by atoms with Gasteiger partial charge in [-0.05, 0) is 26.0 Å². The van der Waals surface area contributed by atoms with Gasteiger partial charge in [-0.25, -0.2) is 0 Å². The van der Waals surface area contributed by atoms with Crippen LogP contribution in [-0.4, -0.2) is 37.0 Å². The molecule has 0 radical (unpaired) electrons. The van der Waals surface area contributed by atoms with Crippen LogP contribution in [0.2, 0.25) is 0 Å². The van der Waals surface area contributed by atoms with E-state index in [2.05, 4.69) is 0 Å². The van der Waals surface area contributed by atoms with Crippen LogP contribution >= 0.6 is 0 Å². The molecule has 1 rings (SSSR count). The molecular formula is C13H20N2O2. The molecular weight excluding hydrogens is 216 g/mol. The van der Waals surface area contributed by atoms with E-state index in [0.29, 0.717) is 25.4 Å². The number of nitrogens with two attached hydrogens (primary N) is 1. The second kappa shape index (κ2) is 6.91. The Bertz CT molecular complexity index is 349. The van der Waals surface area contributed by atoms with E-state index >= 15 is 0 Å². The average molecular weight is 236 g/mol. The maximum absolute atomic E-state index is 11.7. The fourth-order valence-corrected chi connectivity index (χ4v) is 1.49. The third-order valence-corrected chi connectivity index (χ3v) is 2.52. The molecule has 1 aromatic carbocycles. The van der Waals surface area contributed by atoms with Gasteiger partial charge in [-0.3, -0.25) is 4.79 Å². The maximum atomic E-state index is 11.7. The third-order valence-electron chi connectivity index (χ3n) is 2.52. The second-order valence-corrected chi connectivity index (χ2v) is 3.86. The molecule has 94 valence electrons. The fourth-order valence-electron chi connectivity index (χ4n) is 1.49. The van der Waals surface area contributed by atoms with Crippen molar-refractivity contribution in [2.75, 3.05) is 26.2 Å². The standard InChI is InChI=1S/C13H20N2O2/c1-3-15(9-8-14)13(16)10-17-12-6-4-11(2)5-7-12/h4-7H,3,8-10,14H2,1-2H3. The van der Waals surface area contributed by atoms with Crippen molar-refractivity contribution in [3.63, 3.8) is 0 Å². The summed E-state index contributed by atoms with van der Waals surface area (Å²) < 4.78 is 5.42. The number of nitrogens with zero attached hydrogens (tertiary/aromatic N) is 1. The van der Waals surface area contributed by atoms with E-state index in [-0.39, 0.29) is 12.5 Å². The molecule has 0 aromatic heterocycles. The van der Waals surface area contributed by atoms with Gasteiger partial charge in [0.1, 0.15) is 5.75 Å². The zero-order valence-electron chi connectivity index (χ0n) is 10.5. The van der Waals surface area contributed by atoms with Crippen LogP contribution < -0.4 is 10.5 Å². The molecule has 0 aliphatic rings. The molecule has 2 N–H and O–H groups in total. The van der Waals surface area contributed by atoms with Crippen molar-refractivity contribution in [1.29, 1.82) is 0 Å². The molecule has 0 saturated carbocycles. The van der Waals surface area contributed by atoms with Crippen LogP contribution in [0.4, 0.5) is 0 Å². The zero-order chi connectivity index (χ0) is 12.7. The normalized spacial score (nSPS) is 10.1. The number of aryl methyl sites for hydroxylation is 1. The van der Waals surface area contributed by atoms with Crippen LogP contribution in [0.1, 0.15) is 12.5 Å². The number of benzene rings is 1. The van der Waals surface area contributed by atoms with Gasteiger partial charge in [-0.2, -0.15) is 0 Å². The van der Waals surface area contributed by atoms with Crippen molar-refractivity contribution in [2.45, 2.75) is 13.8 Å². The van der Waals surface area contributed by atoms with E-state index in [1.165, 1.54) is 5.56 Å². The predicted octanol–water partition coefficient (Wildman–Crippen LogP) is 1.18. The summed E-state index contributed by atoms with van der Waals surface area (Å²) in [5, 5.41) is 0. The molecule has 0 spiro atoms. The Morgan fingerprint density at radius 1 is 1.35 bits per heavy atom. The van der Waals surface area contributed by atoms with Crippen LogP contribution in [0.5, 0.6) is 5.75 Å². The highest BCUT2D eigenvalue weighted by Gasteiger charge is 2.10. The van der Waals surface area contributed by atoms with Crippen molar-refractivity contribution in [3.05, 3.63) is 29.8 Å². The molecule has 4 heteroatoms. The van der Waals surface area contributed by atoms with E-state index in [0.717, 1.165) is 0 Å². The molecule has 1 aromatic rings. The first-order chi connectivity index (χ1) is 8.17. The Balaban J connectivity index is 2.44. The van der Waals surface area contributed by atoms with E-state index in [9.17, 15) is 4.79 Å². The minimum Gasteiger partial charge on any atom is -0.484 e. The molecule has 4 nitrogen and oxygen atoms in total. The Hall–Kier alpha value is -1.55. The summed E-state index contributed by atoms with van der Waals surface area (Å²) in [4.78, 5) is 13.4. The van der Waals surface area contributed by atoms with Crippen LogP contribution in [0.3, 0.4) is 0 Å². The summed E-state index contributed by atoms with van der Waals surface area (Å²) in [5.41, 5.74) is 6.60. The number of likely N-dealkylation sites (N-methyl/N-ethyl adjacent to an activating group) is 1. The molecule has 0 fully saturated rings. The topological polar surface area (TPSA) is 55.6 Å². The van der Waals surface area contributed by atoms with Gasteiger partial charge in [0.15, 0.2) is 6.61 Å². The summed E-state index contributed by atoms with van der Waals surface area (Å²) >= 11 is 0. The SMILES string of the molecule is CCN(CCN)C(=O)COc1ccc(C)cc1. The Kier molecular flexibility index (Phi) is 5.49. The van der Waals surface area contributed by atoms with Crippen LogP contribution in [0.15, 0.2) is 24.3 Å². The first-order valence-electron chi connectivity index (χ1n) is 5.84. The van der Waals surface area contributed by atoms with Crippen molar-refractivity contribution >= 4 is 5.91 Å². The number of ether oxygens (including phenoxy) is 1. The number of hydrogen-bond donors (Lipinski definition) is 1. The number of amides is 1. The van der Waals surface area contributed by atoms with E-state index < -0.39 is 0 Å². The highest BCUT2D eigenvalue weighted by molar-refractivity contribution is 5.77. The van der Waals surface area contributed by atoms with Crippen molar-refractivity contribution in [1.82, 2.24) is 4.90 Å². The van der Waals surface area contributed by atoms with Gasteiger partial charge in [0.05, 0.1) is 0 Å². The summed E-state index contributed by atoms with van der Waals surface area (Å²) in [5.74, 6) is 0.686. The predicted molar refractivity (Wildman–Crippen MR) is 68.0 cm³/mol. The Morgan fingerprint density at radius 3 is 2.53 bits per heavy atom. The highest BCUT2D eigenvalue weighted by Crippen LogP contribution is 2.11. The summed E-state index contributed by atoms with van der Waals surface area (Å²) in [6, 6.07) is 7.64. The second-order valence-electron chi connectivity index (χ2n) is 3.86. The quantitative estimate of drug-likeness (QED) is 0.807. The molecule has 0 bridgehead atoms. The number of carbonyl (C=O) groups excluding carboxylic acids is 1. The molecule has 17 heavy (non-hydrogen) atoms. The average Bonchev–Trinajstić information content (AvgIpc) is 2.35. The summed E-state index contributed by atoms with van der Waals surface area (Å²) in [6.45, 7) is 5.72. The molecule has 0 aliphatic carbocycles. The fraction of sp³-hybridized carbons (Fsp3) is 0.462. The third kappa shape index (κ3) is 4.44. The van der Waals surface area contributed by atoms with Gasteiger partial charge in [-0.1, -0.05) is 17.7 Å². The lowest BCUT2D eigenvalue weighted by molar-refractivity contribution is -0.133. The largest absolute Gasteiger partial charge is 0.484 e. The van der Waals surface area contributed by atoms with Gasteiger partial charge >= 0.3 is 0 Å². The van der Waals surface area contributed by atoms with E-state index in [4.69, 9.17) is 10.5 Å². The lowest BCUT2D eigenvalue weighted by Crippen LogP contribution is -2.38. The van der Waals surface area contributed by atoms with E-state index in [1.54, 1.807) is 4.90 Å². The molecule has 0 atom stereocenters. The lowest BCUT2D eigenvalue weighted by Gasteiger charge is -2.19. The van der Waals surface area contributed by atoms with Gasteiger partial charge in [0.25, 0.3) is 5.91 Å². The number of hydrogen-bond acceptors (Lipinski definition) is 3. The molecule has 0 aliphatic heterocycles. The molecule has 0 unspecified atom stereocenters. The van der Waals surface area contributed by atoms with Crippen molar-refractivity contribution in [2.24, 2.45) is 5.73 Å².